The number of nitrogens with zero attached hydrogens (tertiary/aromatic N) is 3. The molecule has 0 saturated carbocycles. The fourth-order valence-electron chi connectivity index (χ4n) is 4.16. The summed E-state index contributed by atoms with van der Waals surface area (Å²) in [6, 6.07) is 8.25. The molecule has 42 heavy (non-hydrogen) atoms. The van der Waals surface area contributed by atoms with E-state index >= 15 is 8.78 Å². The fourth-order valence-corrected chi connectivity index (χ4v) is 4.91. The summed E-state index contributed by atoms with van der Waals surface area (Å²) in [5.41, 5.74) is 7.40. The average molecular weight is 598 g/mol. The summed E-state index contributed by atoms with van der Waals surface area (Å²) in [4.78, 5) is 20.6. The van der Waals surface area contributed by atoms with Crippen molar-refractivity contribution >= 4 is 31.0 Å². The van der Waals surface area contributed by atoms with Crippen LogP contribution in [0.15, 0.2) is 48.9 Å². The molecule has 12 heteroatoms. The number of carbonyl (C=O) groups excluding carboxylic acids is 1. The molecular weight excluding hydrogens is 560 g/mol. The van der Waals surface area contributed by atoms with Crippen molar-refractivity contribution in [1.82, 2.24) is 19.9 Å². The van der Waals surface area contributed by atoms with Gasteiger partial charge in [-0.25, -0.2) is 23.5 Å². The average Bonchev–Trinajstić information content (AvgIpc) is 3.25. The van der Waals surface area contributed by atoms with E-state index in [4.69, 9.17) is 19.9 Å². The number of nitrogen functional groups attached to an aromatic ring is 1. The zero-order chi connectivity index (χ0) is 30.7. The van der Waals surface area contributed by atoms with Gasteiger partial charge >= 0.3 is 6.09 Å². The van der Waals surface area contributed by atoms with E-state index in [9.17, 15) is 4.79 Å². The SMILES string of the molecule is CC(C)(C)OC(=O)NCc1cc(F)c(Oc2ccnc3c2c(-c2ccnc(N)c2)cn3COCC[Si](C)(C)C)c(F)c1. The number of hydrogen-bond donors (Lipinski definition) is 2. The molecule has 0 aliphatic rings. The minimum Gasteiger partial charge on any atom is -0.450 e. The Morgan fingerprint density at radius 1 is 1.07 bits per heavy atom. The lowest BCUT2D eigenvalue weighted by Crippen LogP contribution is -2.32. The molecule has 0 unspecified atom stereocenters. The second-order valence-corrected chi connectivity index (χ2v) is 17.8. The highest BCUT2D eigenvalue weighted by Gasteiger charge is 2.22. The van der Waals surface area contributed by atoms with Crippen molar-refractivity contribution in [3.05, 3.63) is 66.1 Å². The number of anilines is 1. The maximum absolute atomic E-state index is 15.2. The van der Waals surface area contributed by atoms with Gasteiger partial charge < -0.3 is 29.8 Å². The second-order valence-electron chi connectivity index (χ2n) is 12.2. The predicted octanol–water partition coefficient (Wildman–Crippen LogP) is 7.09. The zero-order valence-corrected chi connectivity index (χ0v) is 25.8. The highest BCUT2D eigenvalue weighted by atomic mass is 28.3. The summed E-state index contributed by atoms with van der Waals surface area (Å²) in [7, 11) is -1.28. The Morgan fingerprint density at radius 3 is 2.40 bits per heavy atom. The Bertz CT molecular complexity index is 1560. The molecule has 0 aliphatic carbocycles. The lowest BCUT2D eigenvalue weighted by atomic mass is 10.1. The van der Waals surface area contributed by atoms with Crippen molar-refractivity contribution < 1.29 is 27.8 Å². The van der Waals surface area contributed by atoms with Crippen LogP contribution in [0.5, 0.6) is 11.5 Å². The zero-order valence-electron chi connectivity index (χ0n) is 24.8. The number of rotatable bonds is 10. The first-order valence-electron chi connectivity index (χ1n) is 13.6. The molecule has 4 aromatic rings. The number of amides is 1. The van der Waals surface area contributed by atoms with E-state index in [1.807, 2.05) is 10.8 Å². The van der Waals surface area contributed by atoms with Crippen LogP contribution in [0.2, 0.25) is 25.7 Å². The molecule has 0 saturated heterocycles. The molecule has 3 N–H and O–H groups in total. The summed E-state index contributed by atoms with van der Waals surface area (Å²) < 4.78 is 49.3. The van der Waals surface area contributed by atoms with Gasteiger partial charge in [0.25, 0.3) is 0 Å². The first kappa shape index (κ1) is 30.9. The molecule has 0 aliphatic heterocycles. The van der Waals surface area contributed by atoms with E-state index in [1.54, 1.807) is 45.2 Å². The highest BCUT2D eigenvalue weighted by molar-refractivity contribution is 6.76. The van der Waals surface area contributed by atoms with Crippen molar-refractivity contribution in [2.24, 2.45) is 0 Å². The van der Waals surface area contributed by atoms with Crippen molar-refractivity contribution in [3.63, 3.8) is 0 Å². The molecule has 224 valence electrons. The van der Waals surface area contributed by atoms with E-state index in [2.05, 4.69) is 34.9 Å². The van der Waals surface area contributed by atoms with Crippen LogP contribution in [0.1, 0.15) is 26.3 Å². The molecular formula is C30H37F2N5O4Si. The van der Waals surface area contributed by atoms with Gasteiger partial charge in [-0.3, -0.25) is 0 Å². The van der Waals surface area contributed by atoms with Crippen LogP contribution >= 0.6 is 0 Å². The molecule has 3 aromatic heterocycles. The topological polar surface area (TPSA) is 114 Å². The maximum Gasteiger partial charge on any atom is 0.407 e. The summed E-state index contributed by atoms with van der Waals surface area (Å²) in [5.74, 6) is -1.92. The number of benzene rings is 1. The van der Waals surface area contributed by atoms with Crippen LogP contribution in [-0.4, -0.2) is 40.9 Å². The Labute approximate surface area is 245 Å². The molecule has 1 aromatic carbocycles. The van der Waals surface area contributed by atoms with Crippen LogP contribution in [0.4, 0.5) is 19.4 Å². The van der Waals surface area contributed by atoms with E-state index in [0.717, 1.165) is 23.7 Å². The summed E-state index contributed by atoms with van der Waals surface area (Å²) >= 11 is 0. The van der Waals surface area contributed by atoms with Crippen LogP contribution in [0, 0.1) is 11.6 Å². The number of halogens is 2. The molecule has 0 bridgehead atoms. The normalized spacial score (nSPS) is 12.0. The van der Waals surface area contributed by atoms with Crippen LogP contribution < -0.4 is 15.8 Å². The Kier molecular flexibility index (Phi) is 9.17. The molecule has 1 amide bonds. The monoisotopic (exact) mass is 597 g/mol. The number of carbonyl (C=O) groups is 1. The fraction of sp³-hybridized carbons (Fsp3) is 0.367. The smallest absolute Gasteiger partial charge is 0.407 e. The van der Waals surface area contributed by atoms with Gasteiger partial charge in [0.2, 0.25) is 0 Å². The van der Waals surface area contributed by atoms with Crippen LogP contribution in [0.3, 0.4) is 0 Å². The summed E-state index contributed by atoms with van der Waals surface area (Å²) in [6.45, 7) is 12.7. The standard InChI is InChI=1S/C30H37F2N5O4Si/c1-30(2,3)41-29(38)36-16-19-13-22(31)27(23(32)14-19)40-24-8-10-35-28-26(24)21(20-7-9-34-25(33)15-20)17-37(28)18-39-11-12-42(4,5)6/h7-10,13-15,17H,11-12,16,18H2,1-6H3,(H2,33,34)(H,36,38). The van der Waals surface area contributed by atoms with E-state index in [1.165, 1.54) is 6.20 Å². The summed E-state index contributed by atoms with van der Waals surface area (Å²) in [5, 5.41) is 3.03. The first-order valence-corrected chi connectivity index (χ1v) is 17.3. The largest absolute Gasteiger partial charge is 0.450 e. The quantitative estimate of drug-likeness (QED) is 0.148. The number of pyridine rings is 2. The highest BCUT2D eigenvalue weighted by Crippen LogP contribution is 2.39. The van der Waals surface area contributed by atoms with Crippen LogP contribution in [-0.2, 0) is 22.7 Å². The molecule has 0 atom stereocenters. The van der Waals surface area contributed by atoms with Gasteiger partial charge in [-0.05, 0) is 68.3 Å². The molecule has 9 nitrogen and oxygen atoms in total. The van der Waals surface area contributed by atoms with E-state index in [-0.39, 0.29) is 24.6 Å². The minimum absolute atomic E-state index is 0.128. The van der Waals surface area contributed by atoms with Crippen molar-refractivity contribution in [1.29, 1.82) is 0 Å². The molecule has 3 heterocycles. The Morgan fingerprint density at radius 2 is 1.76 bits per heavy atom. The summed E-state index contributed by atoms with van der Waals surface area (Å²) in [6.07, 6.45) is 4.25. The Hall–Kier alpha value is -4.03. The molecule has 4 rings (SSSR count). The second kappa shape index (κ2) is 12.5. The number of hydrogen-bond acceptors (Lipinski definition) is 7. The first-order chi connectivity index (χ1) is 19.7. The number of nitrogens with two attached hydrogens (primary N) is 1. The number of aromatic nitrogens is 3. The van der Waals surface area contributed by atoms with Crippen LogP contribution in [0.25, 0.3) is 22.2 Å². The van der Waals surface area contributed by atoms with Crippen molar-refractivity contribution in [2.75, 3.05) is 12.3 Å². The van der Waals surface area contributed by atoms with E-state index in [0.29, 0.717) is 29.0 Å². The van der Waals surface area contributed by atoms with Gasteiger partial charge in [0.05, 0.1) is 5.39 Å². The van der Waals surface area contributed by atoms with Crippen molar-refractivity contribution in [2.45, 2.75) is 65.3 Å². The molecule has 0 radical (unpaired) electrons. The van der Waals surface area contributed by atoms with E-state index < -0.39 is 37.2 Å². The Balaban J connectivity index is 1.65. The van der Waals surface area contributed by atoms with Gasteiger partial charge in [0.1, 0.15) is 29.5 Å². The van der Waals surface area contributed by atoms with Gasteiger partial charge in [-0.15, -0.1) is 0 Å². The third-order valence-electron chi connectivity index (χ3n) is 6.14. The van der Waals surface area contributed by atoms with Gasteiger partial charge in [-0.2, -0.15) is 0 Å². The van der Waals surface area contributed by atoms with Gasteiger partial charge in [-0.1, -0.05) is 19.6 Å². The van der Waals surface area contributed by atoms with Crippen molar-refractivity contribution in [3.8, 4) is 22.6 Å². The third kappa shape index (κ3) is 8.04. The number of alkyl carbamates (subject to hydrolysis) is 1. The molecule has 0 spiro atoms. The number of ether oxygens (including phenoxy) is 3. The minimum atomic E-state index is -1.28. The lowest BCUT2D eigenvalue weighted by molar-refractivity contribution is 0.0523. The maximum atomic E-state index is 15.2. The van der Waals surface area contributed by atoms with Gasteiger partial charge in [0, 0.05) is 45.4 Å². The number of fused-ring (bicyclic) bond motifs is 1. The van der Waals surface area contributed by atoms with Gasteiger partial charge in [0.15, 0.2) is 17.4 Å². The third-order valence-corrected chi connectivity index (χ3v) is 7.85. The molecule has 0 fully saturated rings. The number of nitrogens with one attached hydrogen (secondary N) is 1. The predicted molar refractivity (Wildman–Crippen MR) is 161 cm³/mol. The lowest BCUT2D eigenvalue weighted by Gasteiger charge is -2.19.